The molecule has 0 aromatic carbocycles. The van der Waals surface area contributed by atoms with E-state index >= 15 is 0 Å². The van der Waals surface area contributed by atoms with Crippen molar-refractivity contribution in [3.05, 3.63) is 10.9 Å². The van der Waals surface area contributed by atoms with E-state index in [2.05, 4.69) is 37.6 Å². The third-order valence-corrected chi connectivity index (χ3v) is 0.441. The quantitative estimate of drug-likeness (QED) is 0.519. The summed E-state index contributed by atoms with van der Waals surface area (Å²) in [5.41, 5.74) is 0. The second-order valence-electron chi connectivity index (χ2n) is 0.935. The number of nitrogens with zero attached hydrogens (tertiary/aromatic N) is 2. The Morgan fingerprint density at radius 3 is 2.50 bits per heavy atom. The molecule has 0 unspecified atom stereocenters. The molecule has 1 rings (SSSR count). The van der Waals surface area contributed by atoms with Crippen molar-refractivity contribution < 1.29 is 21.1 Å². The van der Waals surface area contributed by atoms with Crippen LogP contribution < -0.4 is 0 Å². The molecule has 0 aliphatic carbocycles. The maximum absolute atomic E-state index is 3.74. The van der Waals surface area contributed by atoms with E-state index in [1.807, 2.05) is 0 Å². The molecule has 8 heavy (non-hydrogen) atoms. The van der Waals surface area contributed by atoms with Gasteiger partial charge in [0.1, 0.15) is 6.34 Å². The maximum atomic E-state index is 3.74. The summed E-state index contributed by atoms with van der Waals surface area (Å²) < 4.78 is 1.56. The van der Waals surface area contributed by atoms with E-state index in [0.29, 0.717) is 0 Å². The summed E-state index contributed by atoms with van der Waals surface area (Å²) in [5.74, 6) is 0. The van der Waals surface area contributed by atoms with Gasteiger partial charge in [0.15, 0.2) is 0 Å². The Labute approximate surface area is 61.3 Å². The zero-order valence-electron chi connectivity index (χ0n) is 4.34. The van der Waals surface area contributed by atoms with Gasteiger partial charge < -0.3 is 0 Å². The summed E-state index contributed by atoms with van der Waals surface area (Å²) in [7, 11) is 0. The number of rotatable bonds is 0. The number of hydrogen-bond acceptors (Lipinski definition) is 2. The van der Waals surface area contributed by atoms with Gasteiger partial charge in [0.05, 0.1) is 6.54 Å². The minimum atomic E-state index is 0.778. The molecule has 48 valence electrons. The molecule has 0 bridgehead atoms. The first-order chi connectivity index (χ1) is 3.91. The van der Waals surface area contributed by atoms with Gasteiger partial charge in [-0.3, -0.25) is 4.99 Å². The molecule has 1 aliphatic heterocycles. The monoisotopic (exact) mass is 202 g/mol. The predicted octanol–water partition coefficient (Wildman–Crippen LogP) is 0.776. The van der Waals surface area contributed by atoms with E-state index in [1.165, 1.54) is 0 Å². The van der Waals surface area contributed by atoms with Gasteiger partial charge >= 0.3 is 31.9 Å². The normalized spacial score (nSPS) is 12.8. The molecule has 0 atom stereocenters. The van der Waals surface area contributed by atoms with Crippen LogP contribution in [0.25, 0.3) is 0 Å². The summed E-state index contributed by atoms with van der Waals surface area (Å²) in [6.45, 7) is 4.05. The van der Waals surface area contributed by atoms with Crippen molar-refractivity contribution >= 4 is 12.6 Å². The Morgan fingerprint density at radius 1 is 1.75 bits per heavy atom. The summed E-state index contributed by atoms with van der Waals surface area (Å²) in [4.78, 5) is 7.40. The molecule has 0 saturated carbocycles. The number of hydrogen-bond donors (Lipinski definition) is 0. The zero-order valence-corrected chi connectivity index (χ0v) is 5.82. The third kappa shape index (κ3) is 5.82. The standard InChI is InChI=1S/C3H4N2.C2H3.Ag/c1-2-5-3-4-1;1-2;/h1,3H,2H2;1H,2H2;. The second-order valence-corrected chi connectivity index (χ2v) is 1.54. The Balaban J connectivity index is 0.000000145. The van der Waals surface area contributed by atoms with Crippen LogP contribution >= 0.6 is 0 Å². The fourth-order valence-corrected chi connectivity index (χ4v) is 0.236. The SMILES string of the molecule is C1=NC=NC1.C=[CH][Ag]. The van der Waals surface area contributed by atoms with Crippen molar-refractivity contribution in [1.82, 2.24) is 0 Å². The topological polar surface area (TPSA) is 24.7 Å². The van der Waals surface area contributed by atoms with E-state index in [0.717, 1.165) is 6.54 Å². The Hall–Kier alpha value is -0.180. The zero-order chi connectivity index (χ0) is 6.24. The average molecular weight is 203 g/mol. The van der Waals surface area contributed by atoms with Crippen molar-refractivity contribution in [1.29, 1.82) is 0 Å². The first-order valence-corrected chi connectivity index (χ1v) is 2.94. The summed E-state index contributed by atoms with van der Waals surface area (Å²) in [5, 5.41) is 0. The van der Waals surface area contributed by atoms with Crippen LogP contribution in [-0.4, -0.2) is 19.1 Å². The van der Waals surface area contributed by atoms with Crippen molar-refractivity contribution in [2.75, 3.05) is 6.54 Å². The Morgan fingerprint density at radius 2 is 2.38 bits per heavy atom. The fourth-order valence-electron chi connectivity index (χ4n) is 0.236. The van der Waals surface area contributed by atoms with Crippen LogP contribution in [-0.2, 0) is 21.1 Å². The molecule has 1 heterocycles. The van der Waals surface area contributed by atoms with Gasteiger partial charge in [-0.15, -0.1) is 0 Å². The Bertz CT molecular complexity index is 97.0. The van der Waals surface area contributed by atoms with Crippen LogP contribution in [0.2, 0.25) is 0 Å². The van der Waals surface area contributed by atoms with Gasteiger partial charge in [0.2, 0.25) is 0 Å². The van der Waals surface area contributed by atoms with E-state index in [1.54, 1.807) is 16.8 Å². The molecule has 0 amide bonds. The minimum absolute atomic E-state index is 0.778. The van der Waals surface area contributed by atoms with E-state index < -0.39 is 0 Å². The number of aliphatic imine (C=N–C) groups is 2. The summed E-state index contributed by atoms with van der Waals surface area (Å²) >= 11 is 2.92. The van der Waals surface area contributed by atoms with Gasteiger partial charge in [0.25, 0.3) is 0 Å². The molecular weight excluding hydrogens is 196 g/mol. The van der Waals surface area contributed by atoms with Gasteiger partial charge in [0, 0.05) is 6.21 Å². The molecule has 0 aromatic rings. The van der Waals surface area contributed by atoms with Crippen LogP contribution in [0.1, 0.15) is 0 Å². The summed E-state index contributed by atoms with van der Waals surface area (Å²) in [6.07, 6.45) is 3.32. The van der Waals surface area contributed by atoms with Gasteiger partial charge in [-0.25, -0.2) is 4.99 Å². The van der Waals surface area contributed by atoms with Crippen LogP contribution in [0.5, 0.6) is 0 Å². The van der Waals surface area contributed by atoms with Gasteiger partial charge in [-0.05, 0) is 0 Å². The Kier molecular flexibility index (Phi) is 6.67. The van der Waals surface area contributed by atoms with Crippen LogP contribution in [0, 0.1) is 0 Å². The predicted molar refractivity (Wildman–Crippen MR) is 32.0 cm³/mol. The van der Waals surface area contributed by atoms with Gasteiger partial charge in [-0.2, -0.15) is 0 Å². The van der Waals surface area contributed by atoms with E-state index in [9.17, 15) is 0 Å². The molecular formula is C5H7AgN2. The molecule has 2 nitrogen and oxygen atoms in total. The van der Waals surface area contributed by atoms with Crippen LogP contribution in [0.3, 0.4) is 0 Å². The van der Waals surface area contributed by atoms with E-state index in [-0.39, 0.29) is 0 Å². The fraction of sp³-hybridized carbons (Fsp3) is 0.200. The van der Waals surface area contributed by atoms with Crippen molar-refractivity contribution in [3.8, 4) is 0 Å². The first kappa shape index (κ1) is 7.82. The van der Waals surface area contributed by atoms with Crippen molar-refractivity contribution in [2.45, 2.75) is 0 Å². The summed E-state index contributed by atoms with van der Waals surface area (Å²) in [6, 6.07) is 0. The third-order valence-electron chi connectivity index (χ3n) is 0.441. The second kappa shape index (κ2) is 6.82. The molecule has 0 fully saturated rings. The van der Waals surface area contributed by atoms with Crippen molar-refractivity contribution in [2.24, 2.45) is 9.98 Å². The molecule has 3 heteroatoms. The van der Waals surface area contributed by atoms with Crippen molar-refractivity contribution in [3.63, 3.8) is 0 Å². The average Bonchev–Trinajstić information content (AvgIpc) is 2.17. The van der Waals surface area contributed by atoms with Gasteiger partial charge in [-0.1, -0.05) is 0 Å². The molecule has 1 aliphatic rings. The molecule has 0 spiro atoms. The molecule has 0 radical (unpaired) electrons. The first-order valence-electron chi connectivity index (χ1n) is 2.08. The van der Waals surface area contributed by atoms with E-state index in [4.69, 9.17) is 0 Å². The molecule has 0 aromatic heterocycles. The van der Waals surface area contributed by atoms with Crippen LogP contribution in [0.15, 0.2) is 20.9 Å². The molecule has 0 N–H and O–H groups in total. The molecule has 0 saturated heterocycles. The van der Waals surface area contributed by atoms with Crippen LogP contribution in [0.4, 0.5) is 0 Å².